The molecule has 5 nitrogen and oxygen atoms in total. The second-order valence-corrected chi connectivity index (χ2v) is 9.11. The first-order valence-corrected chi connectivity index (χ1v) is 9.36. The molecule has 0 unspecified atom stereocenters. The largest absolute Gasteiger partial charge is 0.493 e. The number of hydrogen-bond acceptors (Lipinski definition) is 5. The van der Waals surface area contributed by atoms with E-state index in [4.69, 9.17) is 9.47 Å². The van der Waals surface area contributed by atoms with E-state index in [1.54, 1.807) is 7.11 Å². The smallest absolute Gasteiger partial charge is 0.343 e. The molecule has 1 aromatic rings. The van der Waals surface area contributed by atoms with Crippen LogP contribution in [0, 0.1) is 8.99 Å². The molecule has 0 fully saturated rings. The molecule has 0 atom stereocenters. The van der Waals surface area contributed by atoms with E-state index in [1.807, 2.05) is 12.1 Å². The molecule has 0 spiro atoms. The van der Waals surface area contributed by atoms with Gasteiger partial charge in [-0.15, -0.1) is 12.4 Å². The quantitative estimate of drug-likeness (QED) is 0.419. The van der Waals surface area contributed by atoms with Crippen molar-refractivity contribution < 1.29 is 19.0 Å². The minimum atomic E-state index is -0.424. The molecule has 7 heteroatoms. The Balaban J connectivity index is 0.00000625. The average Bonchev–Trinajstić information content (AvgIpc) is 2.48. The predicted octanol–water partition coefficient (Wildman–Crippen LogP) is 4.58. The van der Waals surface area contributed by atoms with Crippen LogP contribution in [0.3, 0.4) is 0 Å². The van der Waals surface area contributed by atoms with Gasteiger partial charge in [0.05, 0.1) is 17.8 Å². The van der Waals surface area contributed by atoms with Crippen LogP contribution in [-0.2, 0) is 16.1 Å². The molecule has 1 aromatic carbocycles. The predicted molar refractivity (Wildman–Crippen MR) is 115 cm³/mol. The summed E-state index contributed by atoms with van der Waals surface area (Å²) in [4.78, 5) is 11.3. The highest BCUT2D eigenvalue weighted by molar-refractivity contribution is 14.1. The van der Waals surface area contributed by atoms with Crippen LogP contribution in [0.25, 0.3) is 0 Å². The highest BCUT2D eigenvalue weighted by Gasteiger charge is 2.25. The normalized spacial score (nSPS) is 11.5. The van der Waals surface area contributed by atoms with Crippen molar-refractivity contribution in [1.82, 2.24) is 5.32 Å². The van der Waals surface area contributed by atoms with Gasteiger partial charge in [0, 0.05) is 12.1 Å². The topological polar surface area (TPSA) is 56.8 Å². The maximum absolute atomic E-state index is 11.3. The molecule has 1 N–H and O–H groups in total. The van der Waals surface area contributed by atoms with E-state index >= 15 is 0 Å². The zero-order valence-electron chi connectivity index (χ0n) is 16.7. The minimum Gasteiger partial charge on any atom is -0.493 e. The number of nitrogens with one attached hydrogen (secondary N) is 1. The SMILES string of the molecule is COC(=O)COc1c(I)cc(CNC(C)(C)CC(C)(C)C)cc1OC.Cl. The van der Waals surface area contributed by atoms with Crippen molar-refractivity contribution in [3.05, 3.63) is 21.3 Å². The van der Waals surface area contributed by atoms with Gasteiger partial charge in [-0.1, -0.05) is 20.8 Å². The van der Waals surface area contributed by atoms with E-state index in [0.29, 0.717) is 11.5 Å². The van der Waals surface area contributed by atoms with Crippen molar-refractivity contribution in [2.24, 2.45) is 5.41 Å². The van der Waals surface area contributed by atoms with E-state index in [1.165, 1.54) is 7.11 Å². The van der Waals surface area contributed by atoms with Crippen molar-refractivity contribution >= 4 is 41.0 Å². The fourth-order valence-electron chi connectivity index (χ4n) is 2.94. The fraction of sp³-hybridized carbons (Fsp3) is 0.632. The van der Waals surface area contributed by atoms with Gasteiger partial charge in [0.1, 0.15) is 0 Å². The van der Waals surface area contributed by atoms with Crippen LogP contribution in [0.15, 0.2) is 12.1 Å². The first-order valence-electron chi connectivity index (χ1n) is 8.28. The number of esters is 1. The van der Waals surface area contributed by atoms with Crippen molar-refractivity contribution in [2.75, 3.05) is 20.8 Å². The third-order valence-corrected chi connectivity index (χ3v) is 4.40. The number of carbonyl (C=O) groups is 1. The highest BCUT2D eigenvalue weighted by Crippen LogP contribution is 2.34. The third kappa shape index (κ3) is 8.77. The van der Waals surface area contributed by atoms with Gasteiger partial charge >= 0.3 is 5.97 Å². The van der Waals surface area contributed by atoms with Gasteiger partial charge in [-0.25, -0.2) is 4.79 Å². The second kappa shape index (κ2) is 10.6. The first-order chi connectivity index (χ1) is 11.5. The van der Waals surface area contributed by atoms with Crippen LogP contribution in [0.2, 0.25) is 0 Å². The van der Waals surface area contributed by atoms with Gasteiger partial charge in [-0.2, -0.15) is 0 Å². The van der Waals surface area contributed by atoms with Crippen molar-refractivity contribution in [1.29, 1.82) is 0 Å². The standard InChI is InChI=1S/C19H30INO4.ClH/c1-18(2,3)12-19(4,5)21-10-13-8-14(20)17(15(9-13)23-6)25-11-16(22)24-7;/h8-9,21H,10-12H2,1-7H3;1H. The Morgan fingerprint density at radius 1 is 1.15 bits per heavy atom. The summed E-state index contributed by atoms with van der Waals surface area (Å²) in [5.74, 6) is 0.750. The van der Waals surface area contributed by atoms with Gasteiger partial charge in [0.25, 0.3) is 0 Å². The summed E-state index contributed by atoms with van der Waals surface area (Å²) in [6.45, 7) is 11.8. The molecule has 1 rings (SSSR count). The Morgan fingerprint density at radius 2 is 1.77 bits per heavy atom. The molecule has 0 aliphatic heterocycles. The fourth-order valence-corrected chi connectivity index (χ4v) is 3.76. The average molecular weight is 500 g/mol. The van der Waals surface area contributed by atoms with E-state index in [2.05, 4.69) is 67.3 Å². The van der Waals surface area contributed by atoms with Crippen LogP contribution in [-0.4, -0.2) is 32.3 Å². The summed E-state index contributed by atoms with van der Waals surface area (Å²) in [6, 6.07) is 3.98. The number of halogens is 2. The molecule has 0 aliphatic rings. The summed E-state index contributed by atoms with van der Waals surface area (Å²) in [7, 11) is 2.93. The zero-order chi connectivity index (χ0) is 19.3. The lowest BCUT2D eigenvalue weighted by Gasteiger charge is -2.33. The Labute approximate surface area is 177 Å². The van der Waals surface area contributed by atoms with Gasteiger partial charge in [0.15, 0.2) is 18.1 Å². The number of hydrogen-bond donors (Lipinski definition) is 1. The first kappa shape index (κ1) is 25.3. The lowest BCUT2D eigenvalue weighted by atomic mass is 9.82. The van der Waals surface area contributed by atoms with Gasteiger partial charge in [0.2, 0.25) is 0 Å². The van der Waals surface area contributed by atoms with E-state index in [-0.39, 0.29) is 30.0 Å². The van der Waals surface area contributed by atoms with E-state index in [0.717, 1.165) is 22.1 Å². The Morgan fingerprint density at radius 3 is 2.27 bits per heavy atom. The monoisotopic (exact) mass is 499 g/mol. The minimum absolute atomic E-state index is 0. The van der Waals surface area contributed by atoms with Crippen molar-refractivity contribution in [3.63, 3.8) is 0 Å². The van der Waals surface area contributed by atoms with Gasteiger partial charge < -0.3 is 19.5 Å². The van der Waals surface area contributed by atoms with E-state index in [9.17, 15) is 4.79 Å². The van der Waals surface area contributed by atoms with Crippen LogP contribution in [0.1, 0.15) is 46.6 Å². The summed E-state index contributed by atoms with van der Waals surface area (Å²) in [5, 5.41) is 3.62. The molecule has 0 aliphatic carbocycles. The van der Waals surface area contributed by atoms with Crippen molar-refractivity contribution in [3.8, 4) is 11.5 Å². The molecule has 150 valence electrons. The molecule has 0 saturated carbocycles. The number of benzene rings is 1. The number of methoxy groups -OCH3 is 2. The maximum atomic E-state index is 11.3. The molecule has 0 saturated heterocycles. The molecule has 0 heterocycles. The Bertz CT molecular complexity index is 600. The molecular weight excluding hydrogens is 469 g/mol. The number of rotatable bonds is 8. The van der Waals surface area contributed by atoms with E-state index < -0.39 is 5.97 Å². The summed E-state index contributed by atoms with van der Waals surface area (Å²) >= 11 is 2.19. The molecule has 0 bridgehead atoms. The van der Waals surface area contributed by atoms with Crippen LogP contribution >= 0.6 is 35.0 Å². The lowest BCUT2D eigenvalue weighted by Crippen LogP contribution is -2.41. The molecular formula is C19H31ClINO4. The van der Waals surface area contributed by atoms with Crippen LogP contribution in [0.5, 0.6) is 11.5 Å². The van der Waals surface area contributed by atoms with Crippen LogP contribution in [0.4, 0.5) is 0 Å². The maximum Gasteiger partial charge on any atom is 0.343 e. The number of carbonyl (C=O) groups excluding carboxylic acids is 1. The molecule has 0 aromatic heterocycles. The van der Waals surface area contributed by atoms with Crippen molar-refractivity contribution in [2.45, 2.75) is 53.1 Å². The van der Waals surface area contributed by atoms with Gasteiger partial charge in [-0.05, 0) is 66.0 Å². The molecule has 0 radical (unpaired) electrons. The lowest BCUT2D eigenvalue weighted by molar-refractivity contribution is -0.142. The molecule has 26 heavy (non-hydrogen) atoms. The Hall–Kier alpha value is -0.730. The summed E-state index contributed by atoms with van der Waals surface area (Å²) < 4.78 is 16.5. The Kier molecular flexibility index (Phi) is 10.3. The summed E-state index contributed by atoms with van der Waals surface area (Å²) in [5.41, 5.74) is 1.39. The zero-order valence-corrected chi connectivity index (χ0v) is 19.7. The van der Waals surface area contributed by atoms with Gasteiger partial charge in [-0.3, -0.25) is 0 Å². The molecule has 0 amide bonds. The number of ether oxygens (including phenoxy) is 3. The summed E-state index contributed by atoms with van der Waals surface area (Å²) in [6.07, 6.45) is 1.06. The third-order valence-electron chi connectivity index (χ3n) is 3.59. The van der Waals surface area contributed by atoms with Crippen LogP contribution < -0.4 is 14.8 Å². The second-order valence-electron chi connectivity index (χ2n) is 7.95. The highest BCUT2D eigenvalue weighted by atomic mass is 127.